The van der Waals surface area contributed by atoms with E-state index in [4.69, 9.17) is 4.74 Å². The SMILES string of the molecule is Cc1cc2[nH]c(=O)c3cnn([C@H]4CCOC4)c3c2cc1C(=O)N1CCN(c2ccc(F)c(C)n2)[C@@H](C)C1. The number of aryl methyl sites for hydroxylation is 2. The Labute approximate surface area is 212 Å². The minimum Gasteiger partial charge on any atom is -0.379 e. The molecule has 1 aromatic carbocycles. The maximum Gasteiger partial charge on any atom is 0.259 e. The van der Waals surface area contributed by atoms with E-state index in [2.05, 4.69) is 20.0 Å². The molecular weight excluding hydrogens is 475 g/mol. The van der Waals surface area contributed by atoms with Gasteiger partial charge in [-0.2, -0.15) is 5.10 Å². The average molecular weight is 505 g/mol. The molecule has 0 unspecified atom stereocenters. The van der Waals surface area contributed by atoms with Gasteiger partial charge in [0.1, 0.15) is 11.6 Å². The van der Waals surface area contributed by atoms with Gasteiger partial charge in [-0.3, -0.25) is 14.3 Å². The van der Waals surface area contributed by atoms with Crippen molar-refractivity contribution < 1.29 is 13.9 Å². The van der Waals surface area contributed by atoms with Crippen LogP contribution in [0.25, 0.3) is 21.8 Å². The summed E-state index contributed by atoms with van der Waals surface area (Å²) >= 11 is 0. The van der Waals surface area contributed by atoms with E-state index in [-0.39, 0.29) is 29.4 Å². The van der Waals surface area contributed by atoms with Gasteiger partial charge in [0, 0.05) is 43.2 Å². The van der Waals surface area contributed by atoms with E-state index in [1.165, 1.54) is 6.07 Å². The third-order valence-electron chi connectivity index (χ3n) is 7.61. The highest BCUT2D eigenvalue weighted by Gasteiger charge is 2.30. The Kier molecular flexibility index (Phi) is 5.71. The number of hydrogen-bond donors (Lipinski definition) is 1. The van der Waals surface area contributed by atoms with Gasteiger partial charge in [0.05, 0.1) is 41.0 Å². The molecule has 2 atom stereocenters. The molecule has 2 aliphatic rings. The van der Waals surface area contributed by atoms with Crippen LogP contribution < -0.4 is 10.5 Å². The Bertz CT molecular complexity index is 1590. The summed E-state index contributed by atoms with van der Waals surface area (Å²) in [4.78, 5) is 37.9. The summed E-state index contributed by atoms with van der Waals surface area (Å²) in [6.45, 7) is 8.45. The van der Waals surface area contributed by atoms with Gasteiger partial charge in [-0.25, -0.2) is 9.37 Å². The predicted molar refractivity (Wildman–Crippen MR) is 139 cm³/mol. The first kappa shape index (κ1) is 23.6. The third kappa shape index (κ3) is 3.96. The van der Waals surface area contributed by atoms with Crippen molar-refractivity contribution in [2.24, 2.45) is 0 Å². The second-order valence-electron chi connectivity index (χ2n) is 10.1. The number of hydrogen-bond acceptors (Lipinski definition) is 6. The Morgan fingerprint density at radius 2 is 2.03 bits per heavy atom. The van der Waals surface area contributed by atoms with Crippen LogP contribution in [0.3, 0.4) is 0 Å². The van der Waals surface area contributed by atoms with Crippen molar-refractivity contribution in [2.45, 2.75) is 39.3 Å². The van der Waals surface area contributed by atoms with Gasteiger partial charge in [-0.05, 0) is 57.0 Å². The molecule has 5 heterocycles. The number of piperazine rings is 1. The lowest BCUT2D eigenvalue weighted by Gasteiger charge is -2.40. The number of carbonyl (C=O) groups is 1. The number of pyridine rings is 2. The number of fused-ring (bicyclic) bond motifs is 3. The molecule has 37 heavy (non-hydrogen) atoms. The molecule has 2 aliphatic heterocycles. The lowest BCUT2D eigenvalue weighted by Crippen LogP contribution is -2.54. The fourth-order valence-electron chi connectivity index (χ4n) is 5.56. The zero-order valence-corrected chi connectivity index (χ0v) is 21.1. The van der Waals surface area contributed by atoms with Crippen molar-refractivity contribution in [3.05, 3.63) is 63.5 Å². The fraction of sp³-hybridized carbons (Fsp3) is 0.407. The van der Waals surface area contributed by atoms with Crippen LogP contribution in [-0.2, 0) is 4.74 Å². The minimum atomic E-state index is -0.325. The van der Waals surface area contributed by atoms with E-state index in [1.807, 2.05) is 35.6 Å². The number of nitrogens with zero attached hydrogens (tertiary/aromatic N) is 5. The highest BCUT2D eigenvalue weighted by atomic mass is 19.1. The molecule has 4 aromatic rings. The maximum absolute atomic E-state index is 13.8. The Hall–Kier alpha value is -3.79. The second-order valence-corrected chi connectivity index (χ2v) is 10.1. The molecule has 3 aromatic heterocycles. The van der Waals surface area contributed by atoms with Crippen LogP contribution in [0.15, 0.2) is 35.3 Å². The van der Waals surface area contributed by atoms with Crippen molar-refractivity contribution in [3.8, 4) is 0 Å². The molecule has 192 valence electrons. The van der Waals surface area contributed by atoms with Gasteiger partial charge < -0.3 is 19.5 Å². The lowest BCUT2D eigenvalue weighted by atomic mass is 10.0. The number of nitrogens with one attached hydrogen (secondary N) is 1. The minimum absolute atomic E-state index is 0.0164. The molecule has 2 saturated heterocycles. The van der Waals surface area contributed by atoms with E-state index in [0.29, 0.717) is 55.0 Å². The number of benzene rings is 1. The first-order valence-corrected chi connectivity index (χ1v) is 12.6. The number of halogens is 1. The number of aromatic nitrogens is 4. The van der Waals surface area contributed by atoms with Crippen molar-refractivity contribution in [1.82, 2.24) is 24.6 Å². The predicted octanol–water partition coefficient (Wildman–Crippen LogP) is 3.34. The molecule has 6 rings (SSSR count). The molecule has 0 spiro atoms. The van der Waals surface area contributed by atoms with E-state index in [9.17, 15) is 14.0 Å². The van der Waals surface area contributed by atoms with Crippen LogP contribution in [0.1, 0.15) is 41.0 Å². The maximum atomic E-state index is 13.8. The number of ether oxygens (including phenoxy) is 1. The summed E-state index contributed by atoms with van der Waals surface area (Å²) in [7, 11) is 0. The average Bonchev–Trinajstić information content (AvgIpc) is 3.56. The van der Waals surface area contributed by atoms with Crippen LogP contribution in [0, 0.1) is 19.7 Å². The standard InChI is InChI=1S/C27H29FN6O3/c1-15-10-23-20(25-21(26(35)31-23)12-29-34(25)18-6-9-37-14-18)11-19(15)27(36)32-7-8-33(16(2)13-32)24-5-4-22(28)17(3)30-24/h4-5,10-12,16,18H,6-9,13-14H2,1-3H3,(H,31,35)/t16-,18-/m0/s1. The topological polar surface area (TPSA) is 96.3 Å². The Morgan fingerprint density at radius 3 is 2.76 bits per heavy atom. The Balaban J connectivity index is 1.34. The van der Waals surface area contributed by atoms with E-state index in [0.717, 1.165) is 28.7 Å². The van der Waals surface area contributed by atoms with E-state index < -0.39 is 0 Å². The van der Waals surface area contributed by atoms with Crippen LogP contribution in [0.4, 0.5) is 10.2 Å². The van der Waals surface area contributed by atoms with Crippen LogP contribution in [0.2, 0.25) is 0 Å². The first-order chi connectivity index (χ1) is 17.8. The molecular formula is C27H29FN6O3. The molecule has 9 nitrogen and oxygen atoms in total. The van der Waals surface area contributed by atoms with E-state index >= 15 is 0 Å². The molecule has 1 N–H and O–H groups in total. The first-order valence-electron chi connectivity index (χ1n) is 12.6. The van der Waals surface area contributed by atoms with Gasteiger partial charge in [0.2, 0.25) is 0 Å². The van der Waals surface area contributed by atoms with Gasteiger partial charge in [0.15, 0.2) is 0 Å². The fourth-order valence-corrected chi connectivity index (χ4v) is 5.56. The molecule has 10 heteroatoms. The third-order valence-corrected chi connectivity index (χ3v) is 7.61. The quantitative estimate of drug-likeness (QED) is 0.460. The lowest BCUT2D eigenvalue weighted by molar-refractivity contribution is 0.0725. The smallest absolute Gasteiger partial charge is 0.259 e. The van der Waals surface area contributed by atoms with Crippen LogP contribution in [0.5, 0.6) is 0 Å². The summed E-state index contributed by atoms with van der Waals surface area (Å²) in [5, 5.41) is 5.82. The normalized spacial score (nSPS) is 20.3. The van der Waals surface area contributed by atoms with Crippen LogP contribution in [-0.4, -0.2) is 69.4 Å². The van der Waals surface area contributed by atoms with Crippen molar-refractivity contribution in [3.63, 3.8) is 0 Å². The highest BCUT2D eigenvalue weighted by Crippen LogP contribution is 2.30. The van der Waals surface area contributed by atoms with E-state index in [1.54, 1.807) is 19.2 Å². The zero-order chi connectivity index (χ0) is 25.8. The Morgan fingerprint density at radius 1 is 1.19 bits per heavy atom. The number of carbonyl (C=O) groups excluding carboxylic acids is 1. The molecule has 0 aliphatic carbocycles. The molecule has 1 amide bonds. The molecule has 0 radical (unpaired) electrons. The number of rotatable bonds is 3. The number of amides is 1. The molecule has 0 saturated carbocycles. The number of aromatic amines is 1. The number of anilines is 1. The van der Waals surface area contributed by atoms with Crippen LogP contribution >= 0.6 is 0 Å². The summed E-state index contributed by atoms with van der Waals surface area (Å²) in [6.07, 6.45) is 2.42. The monoisotopic (exact) mass is 504 g/mol. The van der Waals surface area contributed by atoms with Gasteiger partial charge in [-0.1, -0.05) is 0 Å². The summed E-state index contributed by atoms with van der Waals surface area (Å²) in [6, 6.07) is 6.96. The largest absolute Gasteiger partial charge is 0.379 e. The van der Waals surface area contributed by atoms with Crippen molar-refractivity contribution in [2.75, 3.05) is 37.7 Å². The summed E-state index contributed by atoms with van der Waals surface area (Å²) < 4.78 is 21.2. The highest BCUT2D eigenvalue weighted by molar-refractivity contribution is 6.07. The van der Waals surface area contributed by atoms with Gasteiger partial charge in [-0.15, -0.1) is 0 Å². The summed E-state index contributed by atoms with van der Waals surface area (Å²) in [5.74, 6) is 0.342. The van der Waals surface area contributed by atoms with Gasteiger partial charge in [0.25, 0.3) is 11.5 Å². The van der Waals surface area contributed by atoms with Gasteiger partial charge >= 0.3 is 0 Å². The van der Waals surface area contributed by atoms with Crippen molar-refractivity contribution >= 4 is 33.5 Å². The van der Waals surface area contributed by atoms with Crippen molar-refractivity contribution in [1.29, 1.82) is 0 Å². The molecule has 2 fully saturated rings. The number of H-pyrrole nitrogens is 1. The molecule has 0 bridgehead atoms. The zero-order valence-electron chi connectivity index (χ0n) is 21.1. The second kappa shape index (κ2) is 8.95. The summed E-state index contributed by atoms with van der Waals surface area (Å²) in [5.41, 5.74) is 2.99.